The van der Waals surface area contributed by atoms with E-state index in [1.165, 1.54) is 11.3 Å². The fourth-order valence-corrected chi connectivity index (χ4v) is 6.10. The van der Waals surface area contributed by atoms with Crippen molar-refractivity contribution < 1.29 is 24.0 Å². The third-order valence-electron chi connectivity index (χ3n) is 6.94. The van der Waals surface area contributed by atoms with Gasteiger partial charge < -0.3 is 4.74 Å². The molecule has 5 rings (SSSR count). The summed E-state index contributed by atoms with van der Waals surface area (Å²) in [7, 11) is 0. The molecule has 0 spiro atoms. The first-order valence-electron chi connectivity index (χ1n) is 12.0. The van der Waals surface area contributed by atoms with Crippen molar-refractivity contribution in [3.05, 3.63) is 81.2 Å². The minimum absolute atomic E-state index is 0.198. The molecule has 2 aliphatic rings. The Morgan fingerprint density at radius 1 is 1.00 bits per heavy atom. The van der Waals surface area contributed by atoms with Gasteiger partial charge >= 0.3 is 5.97 Å². The lowest BCUT2D eigenvalue weighted by atomic mass is 9.90. The smallest absolute Gasteiger partial charge is 0.341 e. The van der Waals surface area contributed by atoms with Crippen LogP contribution in [0.3, 0.4) is 0 Å². The van der Waals surface area contributed by atoms with E-state index < -0.39 is 29.9 Å². The number of fused-ring (bicyclic) bond motifs is 1. The number of benzene rings is 2. The maximum absolute atomic E-state index is 14.0. The summed E-state index contributed by atoms with van der Waals surface area (Å²) in [6.45, 7) is 9.56. The highest BCUT2D eigenvalue weighted by Gasteiger charge is 2.61. The van der Waals surface area contributed by atoms with Gasteiger partial charge in [-0.2, -0.15) is 0 Å². The lowest BCUT2D eigenvalue weighted by molar-refractivity contribution is -0.126. The fraction of sp³-hybridized carbons (Fsp3) is 0.321. The number of thiophene rings is 1. The Kier molecular flexibility index (Phi) is 6.18. The molecule has 2 saturated heterocycles. The van der Waals surface area contributed by atoms with Gasteiger partial charge in [0.1, 0.15) is 10.9 Å². The molecule has 0 N–H and O–H groups in total. The van der Waals surface area contributed by atoms with Gasteiger partial charge in [-0.3, -0.25) is 14.4 Å². The van der Waals surface area contributed by atoms with E-state index in [1.54, 1.807) is 18.9 Å². The Morgan fingerprint density at radius 2 is 1.69 bits per heavy atom. The largest absolute Gasteiger partial charge is 0.462 e. The third-order valence-corrected chi connectivity index (χ3v) is 8.13. The molecule has 186 valence electrons. The minimum atomic E-state index is -0.999. The molecular formula is C28H28N2O5S. The Balaban J connectivity index is 1.61. The summed E-state index contributed by atoms with van der Waals surface area (Å²) in [6.07, 6.45) is -0.999. The van der Waals surface area contributed by atoms with E-state index in [2.05, 4.69) is 0 Å². The van der Waals surface area contributed by atoms with Gasteiger partial charge in [-0.25, -0.2) is 14.8 Å². The number of carbonyl (C=O) groups excluding carboxylic acids is 3. The second-order valence-electron chi connectivity index (χ2n) is 9.22. The Morgan fingerprint density at radius 3 is 2.36 bits per heavy atom. The van der Waals surface area contributed by atoms with Crippen molar-refractivity contribution in [3.8, 4) is 0 Å². The number of hydroxylamine groups is 1. The zero-order valence-corrected chi connectivity index (χ0v) is 21.7. The summed E-state index contributed by atoms with van der Waals surface area (Å²) >= 11 is 1.25. The molecule has 0 unspecified atom stereocenters. The maximum Gasteiger partial charge on any atom is 0.341 e. The quantitative estimate of drug-likeness (QED) is 0.351. The van der Waals surface area contributed by atoms with Crippen LogP contribution in [0.15, 0.2) is 48.5 Å². The van der Waals surface area contributed by atoms with E-state index in [1.807, 2.05) is 69.3 Å². The Bertz CT molecular complexity index is 1360. The van der Waals surface area contributed by atoms with E-state index in [0.29, 0.717) is 10.6 Å². The number of para-hydroxylation sites is 1. The average molecular weight is 505 g/mol. The molecule has 0 saturated carbocycles. The Hall–Kier alpha value is -3.49. The first kappa shape index (κ1) is 24.2. The lowest BCUT2D eigenvalue weighted by Gasteiger charge is -2.29. The van der Waals surface area contributed by atoms with Gasteiger partial charge in [0.25, 0.3) is 5.91 Å². The minimum Gasteiger partial charge on any atom is -0.462 e. The van der Waals surface area contributed by atoms with Gasteiger partial charge in [0, 0.05) is 4.88 Å². The summed E-state index contributed by atoms with van der Waals surface area (Å²) < 4.78 is 5.26. The number of amides is 2. The molecular weight excluding hydrogens is 476 g/mol. The zero-order valence-electron chi connectivity index (χ0n) is 20.9. The molecule has 36 heavy (non-hydrogen) atoms. The molecule has 0 radical (unpaired) electrons. The van der Waals surface area contributed by atoms with Gasteiger partial charge in [-0.15, -0.1) is 11.3 Å². The highest BCUT2D eigenvalue weighted by molar-refractivity contribution is 7.17. The van der Waals surface area contributed by atoms with E-state index in [4.69, 9.17) is 9.57 Å². The van der Waals surface area contributed by atoms with Gasteiger partial charge in [0.05, 0.1) is 23.9 Å². The van der Waals surface area contributed by atoms with Crippen LogP contribution in [0.1, 0.15) is 50.5 Å². The number of imide groups is 1. The van der Waals surface area contributed by atoms with Crippen LogP contribution in [0.5, 0.6) is 0 Å². The molecule has 7 nitrogen and oxygen atoms in total. The molecule has 2 aromatic carbocycles. The molecule has 3 atom stereocenters. The van der Waals surface area contributed by atoms with Gasteiger partial charge in [-0.05, 0) is 57.4 Å². The first-order chi connectivity index (χ1) is 17.2. The average Bonchev–Trinajstić information content (AvgIpc) is 3.45. The standard InChI is InChI=1S/C28H28N2O5S/c1-6-34-28(33)21-17(4)18(5)36-27(21)29-25(31)22-23(19-13-11-15(2)12-14-19)30(35-24(22)26(29)32)20-10-8-7-9-16(20)3/h7-14,22-24H,6H2,1-5H3/t22-,23+,24-/m1/s1. The zero-order chi connectivity index (χ0) is 25.7. The number of ether oxygens (including phenoxy) is 1. The number of hydrogen-bond donors (Lipinski definition) is 0. The molecule has 2 amide bonds. The van der Waals surface area contributed by atoms with E-state index in [9.17, 15) is 14.4 Å². The van der Waals surface area contributed by atoms with Crippen LogP contribution in [0.4, 0.5) is 10.7 Å². The second-order valence-corrected chi connectivity index (χ2v) is 10.4. The summed E-state index contributed by atoms with van der Waals surface area (Å²) in [6, 6.07) is 15.2. The van der Waals surface area contributed by atoms with Crippen LogP contribution in [-0.2, 0) is 19.2 Å². The lowest BCUT2D eigenvalue weighted by Crippen LogP contribution is -2.38. The SMILES string of the molecule is CCOC(=O)c1c(N2C(=O)[C@H]3[C@@H](ON(c4ccccc4C)[C@H]3c3ccc(C)cc3)C2=O)sc(C)c1C. The number of hydrogen-bond acceptors (Lipinski definition) is 7. The normalized spacial score (nSPS) is 21.3. The number of esters is 1. The Labute approximate surface area is 214 Å². The van der Waals surface area contributed by atoms with Crippen molar-refractivity contribution in [1.29, 1.82) is 0 Å². The number of nitrogens with zero attached hydrogens (tertiary/aromatic N) is 2. The number of rotatable bonds is 5. The topological polar surface area (TPSA) is 76.2 Å². The highest BCUT2D eigenvalue weighted by atomic mass is 32.1. The summed E-state index contributed by atoms with van der Waals surface area (Å²) in [5.74, 6) is -2.15. The molecule has 3 heterocycles. The van der Waals surface area contributed by atoms with Crippen LogP contribution >= 0.6 is 11.3 Å². The molecule has 2 aliphatic heterocycles. The van der Waals surface area contributed by atoms with Crippen molar-refractivity contribution in [1.82, 2.24) is 0 Å². The summed E-state index contributed by atoms with van der Waals surface area (Å²) in [4.78, 5) is 48.8. The van der Waals surface area contributed by atoms with Crippen molar-refractivity contribution in [3.63, 3.8) is 0 Å². The van der Waals surface area contributed by atoms with Crippen LogP contribution in [0, 0.1) is 33.6 Å². The molecule has 3 aromatic rings. The molecule has 0 bridgehead atoms. The van der Waals surface area contributed by atoms with Gasteiger partial charge in [-0.1, -0.05) is 48.0 Å². The van der Waals surface area contributed by atoms with Crippen molar-refractivity contribution in [2.24, 2.45) is 5.92 Å². The fourth-order valence-electron chi connectivity index (χ4n) is 4.95. The summed E-state index contributed by atoms with van der Waals surface area (Å²) in [5, 5.41) is 2.01. The predicted molar refractivity (Wildman–Crippen MR) is 138 cm³/mol. The highest BCUT2D eigenvalue weighted by Crippen LogP contribution is 2.50. The number of anilines is 2. The molecule has 1 aromatic heterocycles. The van der Waals surface area contributed by atoms with Crippen LogP contribution < -0.4 is 9.96 Å². The van der Waals surface area contributed by atoms with Crippen LogP contribution in [0.2, 0.25) is 0 Å². The van der Waals surface area contributed by atoms with Crippen molar-refractivity contribution in [2.45, 2.75) is 46.8 Å². The predicted octanol–water partition coefficient (Wildman–Crippen LogP) is 5.21. The van der Waals surface area contributed by atoms with Crippen LogP contribution in [-0.4, -0.2) is 30.5 Å². The van der Waals surface area contributed by atoms with Crippen molar-refractivity contribution in [2.75, 3.05) is 16.6 Å². The molecule has 8 heteroatoms. The van der Waals surface area contributed by atoms with Gasteiger partial charge in [0.2, 0.25) is 5.91 Å². The van der Waals surface area contributed by atoms with Crippen molar-refractivity contribution >= 4 is 39.8 Å². The van der Waals surface area contributed by atoms with E-state index in [0.717, 1.165) is 32.2 Å². The van der Waals surface area contributed by atoms with Crippen LogP contribution in [0.25, 0.3) is 0 Å². The number of carbonyl (C=O) groups is 3. The molecule has 2 fully saturated rings. The van der Waals surface area contributed by atoms with E-state index in [-0.39, 0.29) is 18.1 Å². The summed E-state index contributed by atoms with van der Waals surface area (Å²) in [5.41, 5.74) is 4.73. The first-order valence-corrected chi connectivity index (χ1v) is 12.8. The number of aryl methyl sites for hydroxylation is 3. The molecule has 0 aliphatic carbocycles. The van der Waals surface area contributed by atoms with E-state index >= 15 is 0 Å². The second kappa shape index (κ2) is 9.19. The maximum atomic E-state index is 14.0. The monoisotopic (exact) mass is 504 g/mol. The third kappa shape index (κ3) is 3.72. The van der Waals surface area contributed by atoms with Gasteiger partial charge in [0.15, 0.2) is 6.10 Å².